The van der Waals surface area contributed by atoms with Gasteiger partial charge in [0, 0.05) is 13.2 Å². The highest BCUT2D eigenvalue weighted by Gasteiger charge is 2.26. The van der Waals surface area contributed by atoms with E-state index >= 15 is 0 Å². The van der Waals surface area contributed by atoms with E-state index in [2.05, 4.69) is 4.98 Å². The fourth-order valence-electron chi connectivity index (χ4n) is 1.93. The lowest BCUT2D eigenvalue weighted by atomic mass is 10.2. The third kappa shape index (κ3) is 2.55. The summed E-state index contributed by atoms with van der Waals surface area (Å²) in [5.74, 6) is 0.396. The van der Waals surface area contributed by atoms with Crippen molar-refractivity contribution < 1.29 is 9.53 Å². The summed E-state index contributed by atoms with van der Waals surface area (Å²) in [5.41, 5.74) is 6.02. The first kappa shape index (κ1) is 11.9. The zero-order valence-corrected chi connectivity index (χ0v) is 9.93. The Balaban J connectivity index is 2.22. The molecule has 0 aromatic carbocycles. The van der Waals surface area contributed by atoms with Crippen LogP contribution in [0.5, 0.6) is 5.88 Å². The number of amides is 1. The molecular weight excluding hydrogens is 218 g/mol. The number of hydrogen-bond donors (Lipinski definition) is 1. The van der Waals surface area contributed by atoms with Crippen molar-refractivity contribution >= 4 is 5.91 Å². The molecule has 1 atom stereocenters. The lowest BCUT2D eigenvalue weighted by Gasteiger charge is -2.19. The van der Waals surface area contributed by atoms with E-state index in [1.165, 1.54) is 0 Å². The Bertz CT molecular complexity index is 408. The lowest BCUT2D eigenvalue weighted by Crippen LogP contribution is -2.34. The van der Waals surface area contributed by atoms with E-state index < -0.39 is 0 Å². The van der Waals surface area contributed by atoms with Gasteiger partial charge in [0.1, 0.15) is 11.7 Å². The third-order valence-electron chi connectivity index (χ3n) is 2.83. The molecule has 5 nitrogen and oxygen atoms in total. The van der Waals surface area contributed by atoms with Gasteiger partial charge in [0.25, 0.3) is 5.91 Å². The fourth-order valence-corrected chi connectivity index (χ4v) is 1.93. The molecule has 2 rings (SSSR count). The van der Waals surface area contributed by atoms with Crippen LogP contribution in [-0.2, 0) is 0 Å². The Morgan fingerprint density at radius 2 is 2.47 bits per heavy atom. The third-order valence-corrected chi connectivity index (χ3v) is 2.83. The topological polar surface area (TPSA) is 68.4 Å². The number of nitrogens with two attached hydrogens (primary N) is 1. The number of carbonyl (C=O) groups is 1. The van der Waals surface area contributed by atoms with Crippen LogP contribution in [0.3, 0.4) is 0 Å². The van der Waals surface area contributed by atoms with E-state index in [1.54, 1.807) is 30.3 Å². The van der Waals surface area contributed by atoms with Crippen LogP contribution in [0.1, 0.15) is 23.2 Å². The zero-order chi connectivity index (χ0) is 12.3. The van der Waals surface area contributed by atoms with Gasteiger partial charge in [0.05, 0.1) is 6.54 Å². The van der Waals surface area contributed by atoms with Gasteiger partial charge >= 0.3 is 0 Å². The molecule has 1 amide bonds. The van der Waals surface area contributed by atoms with Gasteiger partial charge < -0.3 is 15.4 Å². The molecule has 1 aromatic heterocycles. The molecule has 1 unspecified atom stereocenters. The van der Waals surface area contributed by atoms with E-state index in [0.717, 1.165) is 12.8 Å². The molecule has 5 heteroatoms. The predicted octanol–water partition coefficient (Wildman–Crippen LogP) is 0.653. The van der Waals surface area contributed by atoms with Crippen LogP contribution in [0.2, 0.25) is 0 Å². The minimum Gasteiger partial charge on any atom is -0.472 e. The maximum Gasteiger partial charge on any atom is 0.259 e. The molecule has 0 bridgehead atoms. The van der Waals surface area contributed by atoms with Crippen LogP contribution in [-0.4, -0.2) is 42.0 Å². The van der Waals surface area contributed by atoms with Gasteiger partial charge in [-0.2, -0.15) is 0 Å². The van der Waals surface area contributed by atoms with Gasteiger partial charge in [-0.05, 0) is 31.5 Å². The smallest absolute Gasteiger partial charge is 0.259 e. The molecule has 0 spiro atoms. The molecule has 2 N–H and O–H groups in total. The second-order valence-corrected chi connectivity index (χ2v) is 4.21. The average molecular weight is 235 g/mol. The molecule has 0 fully saturated rings. The maximum absolute atomic E-state index is 12.0. The summed E-state index contributed by atoms with van der Waals surface area (Å²) < 4.78 is 5.77. The van der Waals surface area contributed by atoms with Crippen molar-refractivity contribution in [1.29, 1.82) is 0 Å². The van der Waals surface area contributed by atoms with Crippen LogP contribution in [0.4, 0.5) is 0 Å². The van der Waals surface area contributed by atoms with E-state index in [9.17, 15) is 4.79 Å². The Morgan fingerprint density at radius 3 is 3.24 bits per heavy atom. The Labute approximate surface area is 101 Å². The van der Waals surface area contributed by atoms with Crippen molar-refractivity contribution in [2.75, 3.05) is 20.1 Å². The molecule has 0 radical (unpaired) electrons. The molecule has 0 saturated heterocycles. The number of fused-ring (bicyclic) bond motifs is 1. The summed E-state index contributed by atoms with van der Waals surface area (Å²) in [7, 11) is 1.78. The second-order valence-electron chi connectivity index (χ2n) is 4.21. The number of hydrogen-bond acceptors (Lipinski definition) is 4. The normalized spacial score (nSPS) is 19.5. The fraction of sp³-hybridized carbons (Fsp3) is 0.500. The molecule has 1 aromatic rings. The van der Waals surface area contributed by atoms with E-state index in [1.807, 2.05) is 0 Å². The monoisotopic (exact) mass is 235 g/mol. The van der Waals surface area contributed by atoms with Gasteiger partial charge in [0.15, 0.2) is 0 Å². The number of pyridine rings is 1. The molecular formula is C12H17N3O2. The Morgan fingerprint density at radius 1 is 1.65 bits per heavy atom. The molecule has 1 aliphatic heterocycles. The van der Waals surface area contributed by atoms with Crippen molar-refractivity contribution in [3.05, 3.63) is 23.9 Å². The van der Waals surface area contributed by atoms with Gasteiger partial charge in [-0.25, -0.2) is 4.98 Å². The van der Waals surface area contributed by atoms with E-state index in [0.29, 0.717) is 24.5 Å². The van der Waals surface area contributed by atoms with Crippen molar-refractivity contribution in [3.8, 4) is 5.88 Å². The number of rotatable bonds is 3. The van der Waals surface area contributed by atoms with E-state index in [4.69, 9.17) is 10.5 Å². The lowest BCUT2D eigenvalue weighted by molar-refractivity contribution is 0.0753. The molecule has 2 heterocycles. The molecule has 0 aliphatic carbocycles. The van der Waals surface area contributed by atoms with Crippen molar-refractivity contribution in [2.45, 2.75) is 18.9 Å². The zero-order valence-electron chi connectivity index (χ0n) is 9.93. The van der Waals surface area contributed by atoms with Crippen LogP contribution in [0, 0.1) is 0 Å². The highest BCUT2D eigenvalue weighted by molar-refractivity contribution is 5.96. The quantitative estimate of drug-likeness (QED) is 0.835. The van der Waals surface area contributed by atoms with Gasteiger partial charge in [-0.1, -0.05) is 0 Å². The van der Waals surface area contributed by atoms with Gasteiger partial charge in [-0.3, -0.25) is 4.79 Å². The molecule has 0 saturated carbocycles. The summed E-state index contributed by atoms with van der Waals surface area (Å²) in [4.78, 5) is 17.8. The number of carbonyl (C=O) groups excluding carboxylic acids is 1. The Hall–Kier alpha value is -1.62. The number of aromatic nitrogens is 1. The largest absolute Gasteiger partial charge is 0.472 e. The first-order chi connectivity index (χ1) is 8.22. The van der Waals surface area contributed by atoms with Crippen molar-refractivity contribution in [3.63, 3.8) is 0 Å². The second kappa shape index (κ2) is 5.14. The first-order valence-corrected chi connectivity index (χ1v) is 5.79. The molecule has 92 valence electrons. The highest BCUT2D eigenvalue weighted by atomic mass is 16.5. The van der Waals surface area contributed by atoms with Crippen LogP contribution < -0.4 is 10.5 Å². The number of likely N-dealkylation sites (N-methyl/N-ethyl adjacent to an activating group) is 1. The van der Waals surface area contributed by atoms with Gasteiger partial charge in [-0.15, -0.1) is 0 Å². The standard InChI is InChI=1S/C12H17N3O2/c1-15-8-9(4-2-6-13)17-11-10(12(15)16)5-3-7-14-11/h3,5,7,9H,2,4,6,8,13H2,1H3. The minimum atomic E-state index is -0.0386. The molecule has 17 heavy (non-hydrogen) atoms. The predicted molar refractivity (Wildman–Crippen MR) is 63.9 cm³/mol. The number of ether oxygens (including phenoxy) is 1. The first-order valence-electron chi connectivity index (χ1n) is 5.79. The van der Waals surface area contributed by atoms with Crippen molar-refractivity contribution in [2.24, 2.45) is 5.73 Å². The van der Waals surface area contributed by atoms with Gasteiger partial charge in [0.2, 0.25) is 5.88 Å². The van der Waals surface area contributed by atoms with Crippen LogP contribution in [0.15, 0.2) is 18.3 Å². The molecule has 1 aliphatic rings. The summed E-state index contributed by atoms with van der Waals surface area (Å²) in [5, 5.41) is 0. The maximum atomic E-state index is 12.0. The van der Waals surface area contributed by atoms with Crippen LogP contribution in [0.25, 0.3) is 0 Å². The SMILES string of the molecule is CN1CC(CCCN)Oc2ncccc2C1=O. The number of nitrogens with zero attached hydrogens (tertiary/aromatic N) is 2. The van der Waals surface area contributed by atoms with E-state index in [-0.39, 0.29) is 12.0 Å². The summed E-state index contributed by atoms with van der Waals surface area (Å²) in [6.07, 6.45) is 3.33. The summed E-state index contributed by atoms with van der Waals surface area (Å²) in [6.45, 7) is 1.21. The minimum absolute atomic E-state index is 0.0244. The van der Waals surface area contributed by atoms with Crippen LogP contribution >= 0.6 is 0 Å². The Kier molecular flexibility index (Phi) is 3.58. The summed E-state index contributed by atoms with van der Waals surface area (Å²) in [6, 6.07) is 3.49. The highest BCUT2D eigenvalue weighted by Crippen LogP contribution is 2.22. The average Bonchev–Trinajstić information content (AvgIpc) is 2.46. The van der Waals surface area contributed by atoms with Crippen molar-refractivity contribution in [1.82, 2.24) is 9.88 Å². The summed E-state index contributed by atoms with van der Waals surface area (Å²) >= 11 is 0.